The SMILES string of the molecule is O=C(Nc1nc(-c2ccc(F)cc2)cs1)c1cccc(C(F)(F)F)c1. The van der Waals surface area contributed by atoms with E-state index >= 15 is 0 Å². The third kappa shape index (κ3) is 4.03. The molecule has 0 aliphatic carbocycles. The van der Waals surface area contributed by atoms with Crippen LogP contribution in [0.3, 0.4) is 0 Å². The van der Waals surface area contributed by atoms with Crippen molar-refractivity contribution in [2.75, 3.05) is 5.32 Å². The van der Waals surface area contributed by atoms with Gasteiger partial charge >= 0.3 is 6.18 Å². The normalized spacial score (nSPS) is 11.4. The lowest BCUT2D eigenvalue weighted by molar-refractivity contribution is -0.137. The van der Waals surface area contributed by atoms with Gasteiger partial charge in [0.05, 0.1) is 11.3 Å². The van der Waals surface area contributed by atoms with Crippen molar-refractivity contribution in [3.8, 4) is 11.3 Å². The number of nitrogens with one attached hydrogen (secondary N) is 1. The predicted octanol–water partition coefficient (Wildman–Crippen LogP) is 5.22. The van der Waals surface area contributed by atoms with Gasteiger partial charge in [-0.05, 0) is 42.5 Å². The topological polar surface area (TPSA) is 42.0 Å². The largest absolute Gasteiger partial charge is 0.416 e. The van der Waals surface area contributed by atoms with Crippen molar-refractivity contribution in [1.82, 2.24) is 4.98 Å². The van der Waals surface area contributed by atoms with Crippen molar-refractivity contribution in [2.24, 2.45) is 0 Å². The van der Waals surface area contributed by atoms with Crippen molar-refractivity contribution >= 4 is 22.4 Å². The van der Waals surface area contributed by atoms with Gasteiger partial charge in [0.1, 0.15) is 5.82 Å². The summed E-state index contributed by atoms with van der Waals surface area (Å²) in [5.74, 6) is -1.07. The lowest BCUT2D eigenvalue weighted by atomic mass is 10.1. The molecule has 2 aromatic carbocycles. The van der Waals surface area contributed by atoms with E-state index in [-0.39, 0.29) is 16.5 Å². The Balaban J connectivity index is 1.77. The van der Waals surface area contributed by atoms with E-state index in [2.05, 4.69) is 10.3 Å². The van der Waals surface area contributed by atoms with Crippen LogP contribution in [0.5, 0.6) is 0 Å². The molecular formula is C17H10F4N2OS. The van der Waals surface area contributed by atoms with E-state index in [1.807, 2.05) is 0 Å². The van der Waals surface area contributed by atoms with E-state index in [1.165, 1.54) is 24.3 Å². The van der Waals surface area contributed by atoms with Gasteiger partial charge in [-0.25, -0.2) is 9.37 Å². The van der Waals surface area contributed by atoms with Crippen LogP contribution in [-0.4, -0.2) is 10.9 Å². The molecule has 1 N–H and O–H groups in total. The molecule has 0 radical (unpaired) electrons. The number of hydrogen-bond acceptors (Lipinski definition) is 3. The standard InChI is InChI=1S/C17H10F4N2OS/c18-13-6-4-10(5-7-13)14-9-25-16(22-14)23-15(24)11-2-1-3-12(8-11)17(19,20)21/h1-9H,(H,22,23,24). The molecule has 1 heterocycles. The summed E-state index contributed by atoms with van der Waals surface area (Å²) >= 11 is 1.12. The number of hydrogen-bond donors (Lipinski definition) is 1. The number of amides is 1. The van der Waals surface area contributed by atoms with Crippen LogP contribution in [-0.2, 0) is 6.18 Å². The molecule has 3 aromatic rings. The minimum Gasteiger partial charge on any atom is -0.298 e. The molecule has 1 aromatic heterocycles. The minimum absolute atomic E-state index is 0.117. The molecule has 3 rings (SSSR count). The second-order valence-electron chi connectivity index (χ2n) is 5.08. The van der Waals surface area contributed by atoms with Crippen molar-refractivity contribution in [2.45, 2.75) is 6.18 Å². The first-order chi connectivity index (χ1) is 11.8. The third-order valence-electron chi connectivity index (χ3n) is 3.32. The van der Waals surface area contributed by atoms with Gasteiger partial charge in [0, 0.05) is 16.5 Å². The Labute approximate surface area is 144 Å². The second-order valence-corrected chi connectivity index (χ2v) is 5.94. The molecule has 0 saturated carbocycles. The molecule has 0 fully saturated rings. The summed E-state index contributed by atoms with van der Waals surface area (Å²) in [5.41, 5.74) is 0.182. The number of aromatic nitrogens is 1. The van der Waals surface area contributed by atoms with Crippen molar-refractivity contribution < 1.29 is 22.4 Å². The Morgan fingerprint density at radius 2 is 1.80 bits per heavy atom. The van der Waals surface area contributed by atoms with Crippen LogP contribution in [0.4, 0.5) is 22.7 Å². The summed E-state index contributed by atoms with van der Waals surface area (Å²) in [7, 11) is 0. The van der Waals surface area contributed by atoms with Crippen molar-refractivity contribution in [1.29, 1.82) is 0 Å². The smallest absolute Gasteiger partial charge is 0.298 e. The number of carbonyl (C=O) groups is 1. The lowest BCUT2D eigenvalue weighted by Crippen LogP contribution is -2.13. The van der Waals surface area contributed by atoms with Gasteiger partial charge in [-0.1, -0.05) is 6.07 Å². The van der Waals surface area contributed by atoms with Gasteiger partial charge in [-0.3, -0.25) is 10.1 Å². The molecule has 25 heavy (non-hydrogen) atoms. The van der Waals surface area contributed by atoms with Crippen LogP contribution in [0.1, 0.15) is 15.9 Å². The number of nitrogens with zero attached hydrogens (tertiary/aromatic N) is 1. The van der Waals surface area contributed by atoms with E-state index < -0.39 is 17.6 Å². The number of rotatable bonds is 3. The quantitative estimate of drug-likeness (QED) is 0.646. The fourth-order valence-electron chi connectivity index (χ4n) is 2.09. The molecule has 0 aliphatic heterocycles. The molecule has 0 spiro atoms. The summed E-state index contributed by atoms with van der Waals surface area (Å²) in [4.78, 5) is 16.3. The van der Waals surface area contributed by atoms with Gasteiger partial charge in [0.25, 0.3) is 5.91 Å². The fourth-order valence-corrected chi connectivity index (χ4v) is 2.81. The molecule has 0 unspecified atom stereocenters. The van der Waals surface area contributed by atoms with Gasteiger partial charge in [0.15, 0.2) is 5.13 Å². The molecule has 0 aliphatic rings. The van der Waals surface area contributed by atoms with E-state index in [0.29, 0.717) is 11.3 Å². The Kier molecular flexibility index (Phi) is 4.54. The van der Waals surface area contributed by atoms with Crippen LogP contribution >= 0.6 is 11.3 Å². The van der Waals surface area contributed by atoms with Crippen LogP contribution in [0.25, 0.3) is 11.3 Å². The number of anilines is 1. The first kappa shape index (κ1) is 17.1. The zero-order valence-electron chi connectivity index (χ0n) is 12.5. The van der Waals surface area contributed by atoms with E-state index in [0.717, 1.165) is 23.5 Å². The van der Waals surface area contributed by atoms with E-state index in [9.17, 15) is 22.4 Å². The zero-order chi connectivity index (χ0) is 18.0. The highest BCUT2D eigenvalue weighted by molar-refractivity contribution is 7.14. The Hall–Kier alpha value is -2.74. The average molecular weight is 366 g/mol. The zero-order valence-corrected chi connectivity index (χ0v) is 13.3. The maximum atomic E-state index is 12.9. The van der Waals surface area contributed by atoms with E-state index in [4.69, 9.17) is 0 Å². The highest BCUT2D eigenvalue weighted by Gasteiger charge is 2.30. The molecule has 0 bridgehead atoms. The number of benzene rings is 2. The van der Waals surface area contributed by atoms with Crippen LogP contribution in [0, 0.1) is 5.82 Å². The fraction of sp³-hybridized carbons (Fsp3) is 0.0588. The summed E-state index contributed by atoms with van der Waals surface area (Å²) < 4.78 is 51.1. The Morgan fingerprint density at radius 3 is 2.48 bits per heavy atom. The lowest BCUT2D eigenvalue weighted by Gasteiger charge is -2.08. The Morgan fingerprint density at radius 1 is 1.08 bits per heavy atom. The first-order valence-corrected chi connectivity index (χ1v) is 7.91. The van der Waals surface area contributed by atoms with Crippen molar-refractivity contribution in [3.05, 3.63) is 70.9 Å². The van der Waals surface area contributed by atoms with Crippen LogP contribution in [0.15, 0.2) is 53.9 Å². The maximum absolute atomic E-state index is 12.9. The molecule has 8 heteroatoms. The summed E-state index contributed by atoms with van der Waals surface area (Å²) in [6, 6.07) is 9.80. The monoisotopic (exact) mass is 366 g/mol. The second kappa shape index (κ2) is 6.64. The van der Waals surface area contributed by atoms with Gasteiger partial charge in [0.2, 0.25) is 0 Å². The minimum atomic E-state index is -4.52. The number of halogens is 4. The molecule has 1 amide bonds. The summed E-state index contributed by atoms with van der Waals surface area (Å²) in [6.45, 7) is 0. The number of carbonyl (C=O) groups excluding carboxylic acids is 1. The maximum Gasteiger partial charge on any atom is 0.416 e. The number of thiazole rings is 1. The highest BCUT2D eigenvalue weighted by Crippen LogP contribution is 2.30. The van der Waals surface area contributed by atoms with Crippen LogP contribution < -0.4 is 5.32 Å². The summed E-state index contributed by atoms with van der Waals surface area (Å²) in [6.07, 6.45) is -4.52. The molecule has 3 nitrogen and oxygen atoms in total. The van der Waals surface area contributed by atoms with Crippen LogP contribution in [0.2, 0.25) is 0 Å². The van der Waals surface area contributed by atoms with E-state index in [1.54, 1.807) is 17.5 Å². The van der Waals surface area contributed by atoms with Gasteiger partial charge < -0.3 is 0 Å². The molecule has 128 valence electrons. The van der Waals surface area contributed by atoms with Gasteiger partial charge in [-0.2, -0.15) is 13.2 Å². The van der Waals surface area contributed by atoms with Crippen molar-refractivity contribution in [3.63, 3.8) is 0 Å². The Bertz CT molecular complexity index is 904. The molecule has 0 atom stereocenters. The number of alkyl halides is 3. The summed E-state index contributed by atoms with van der Waals surface area (Å²) in [5, 5.41) is 4.36. The third-order valence-corrected chi connectivity index (χ3v) is 4.07. The van der Waals surface area contributed by atoms with Gasteiger partial charge in [-0.15, -0.1) is 11.3 Å². The average Bonchev–Trinajstić information content (AvgIpc) is 3.03. The first-order valence-electron chi connectivity index (χ1n) is 7.03. The molecular weight excluding hydrogens is 356 g/mol. The predicted molar refractivity (Wildman–Crippen MR) is 86.9 cm³/mol. The molecule has 0 saturated heterocycles. The highest BCUT2D eigenvalue weighted by atomic mass is 32.1.